The second-order valence-electron chi connectivity index (χ2n) is 3.89. The van der Waals surface area contributed by atoms with Crippen molar-refractivity contribution in [2.24, 2.45) is 11.8 Å². The molecular weight excluding hydrogens is 148 g/mol. The molecule has 0 heterocycles. The predicted octanol–water partition coefficient (Wildman–Crippen LogP) is 2.96. The van der Waals surface area contributed by atoms with Crippen LogP contribution in [-0.4, -0.2) is 5.78 Å². The number of ketones is 1. The van der Waals surface area contributed by atoms with E-state index < -0.39 is 0 Å². The Bertz CT molecular complexity index is 181. The van der Waals surface area contributed by atoms with Gasteiger partial charge in [-0.3, -0.25) is 0 Å². The molecule has 2 unspecified atom stereocenters. The third kappa shape index (κ3) is 2.80. The molecule has 1 aliphatic rings. The smallest absolute Gasteiger partial charge is 0.129 e. The summed E-state index contributed by atoms with van der Waals surface area (Å²) in [5, 5.41) is 0. The van der Waals surface area contributed by atoms with Crippen LogP contribution in [-0.2, 0) is 4.79 Å². The minimum absolute atomic E-state index is 0.321. The summed E-state index contributed by atoms with van der Waals surface area (Å²) in [6, 6.07) is 0. The van der Waals surface area contributed by atoms with E-state index in [0.29, 0.717) is 11.7 Å². The SMILES string of the molecule is CC(=O)CCC1C=CCCC1C. The van der Waals surface area contributed by atoms with Crippen molar-refractivity contribution in [1.82, 2.24) is 0 Å². The van der Waals surface area contributed by atoms with E-state index in [4.69, 9.17) is 0 Å². The Morgan fingerprint density at radius 3 is 2.92 bits per heavy atom. The molecule has 0 saturated carbocycles. The van der Waals surface area contributed by atoms with Crippen molar-refractivity contribution in [3.8, 4) is 0 Å². The lowest BCUT2D eigenvalue weighted by Crippen LogP contribution is -2.13. The van der Waals surface area contributed by atoms with E-state index in [0.717, 1.165) is 18.8 Å². The normalized spacial score (nSPS) is 28.8. The van der Waals surface area contributed by atoms with E-state index >= 15 is 0 Å². The van der Waals surface area contributed by atoms with Crippen LogP contribution in [0.1, 0.15) is 39.5 Å². The van der Waals surface area contributed by atoms with Crippen LogP contribution in [0.3, 0.4) is 0 Å². The summed E-state index contributed by atoms with van der Waals surface area (Å²) in [6.45, 7) is 3.96. The van der Waals surface area contributed by atoms with E-state index in [-0.39, 0.29) is 0 Å². The zero-order valence-corrected chi connectivity index (χ0v) is 8.05. The van der Waals surface area contributed by atoms with E-state index in [9.17, 15) is 4.79 Å². The van der Waals surface area contributed by atoms with Crippen LogP contribution in [0.2, 0.25) is 0 Å². The van der Waals surface area contributed by atoms with Crippen molar-refractivity contribution >= 4 is 5.78 Å². The van der Waals surface area contributed by atoms with Gasteiger partial charge in [-0.1, -0.05) is 19.1 Å². The molecule has 1 heteroatoms. The summed E-state index contributed by atoms with van der Waals surface area (Å²) in [7, 11) is 0. The van der Waals surface area contributed by atoms with Crippen LogP contribution in [0.4, 0.5) is 0 Å². The number of hydrogen-bond donors (Lipinski definition) is 0. The Labute approximate surface area is 74.9 Å². The summed E-state index contributed by atoms with van der Waals surface area (Å²) < 4.78 is 0. The number of carbonyl (C=O) groups is 1. The highest BCUT2D eigenvalue weighted by atomic mass is 16.1. The molecule has 1 aliphatic carbocycles. The first-order valence-corrected chi connectivity index (χ1v) is 4.86. The standard InChI is InChI=1S/C11H18O/c1-9-5-3-4-6-11(9)8-7-10(2)12/h4,6,9,11H,3,5,7-8H2,1-2H3. The Kier molecular flexibility index (Phi) is 3.51. The maximum atomic E-state index is 10.8. The number of hydrogen-bond acceptors (Lipinski definition) is 1. The van der Waals surface area contributed by atoms with Crippen molar-refractivity contribution in [2.75, 3.05) is 0 Å². The van der Waals surface area contributed by atoms with Gasteiger partial charge >= 0.3 is 0 Å². The van der Waals surface area contributed by atoms with Crippen molar-refractivity contribution in [3.05, 3.63) is 12.2 Å². The average molecular weight is 166 g/mol. The minimum Gasteiger partial charge on any atom is -0.300 e. The van der Waals surface area contributed by atoms with Crippen LogP contribution >= 0.6 is 0 Å². The molecule has 0 aromatic rings. The molecule has 0 saturated heterocycles. The Hall–Kier alpha value is -0.590. The van der Waals surface area contributed by atoms with Gasteiger partial charge in [-0.15, -0.1) is 0 Å². The van der Waals surface area contributed by atoms with Gasteiger partial charge in [0.15, 0.2) is 0 Å². The van der Waals surface area contributed by atoms with Crippen LogP contribution < -0.4 is 0 Å². The fourth-order valence-electron chi connectivity index (χ4n) is 1.78. The van der Waals surface area contributed by atoms with Gasteiger partial charge in [0.2, 0.25) is 0 Å². The highest BCUT2D eigenvalue weighted by Crippen LogP contribution is 2.27. The first-order valence-electron chi connectivity index (χ1n) is 4.86. The summed E-state index contributed by atoms with van der Waals surface area (Å²) >= 11 is 0. The van der Waals surface area contributed by atoms with Gasteiger partial charge in [0.05, 0.1) is 0 Å². The van der Waals surface area contributed by atoms with Crippen molar-refractivity contribution in [1.29, 1.82) is 0 Å². The van der Waals surface area contributed by atoms with Crippen LogP contribution in [0.15, 0.2) is 12.2 Å². The summed E-state index contributed by atoms with van der Waals surface area (Å²) in [4.78, 5) is 10.8. The van der Waals surface area contributed by atoms with Gasteiger partial charge in [-0.05, 0) is 38.0 Å². The molecule has 1 nitrogen and oxygen atoms in total. The second kappa shape index (κ2) is 4.44. The molecule has 0 fully saturated rings. The van der Waals surface area contributed by atoms with Gasteiger partial charge in [-0.2, -0.15) is 0 Å². The first kappa shape index (κ1) is 9.50. The fraction of sp³-hybridized carbons (Fsp3) is 0.727. The molecule has 2 atom stereocenters. The number of carbonyl (C=O) groups excluding carboxylic acids is 1. The summed E-state index contributed by atoms with van der Waals surface area (Å²) in [6.07, 6.45) is 8.85. The third-order valence-corrected chi connectivity index (χ3v) is 2.73. The predicted molar refractivity (Wildman–Crippen MR) is 50.9 cm³/mol. The van der Waals surface area contributed by atoms with Gasteiger partial charge in [0, 0.05) is 6.42 Å². The fourth-order valence-corrected chi connectivity index (χ4v) is 1.78. The maximum absolute atomic E-state index is 10.8. The molecule has 0 amide bonds. The maximum Gasteiger partial charge on any atom is 0.129 e. The van der Waals surface area contributed by atoms with E-state index in [2.05, 4.69) is 19.1 Å². The Morgan fingerprint density at radius 2 is 2.33 bits per heavy atom. The van der Waals surface area contributed by atoms with Crippen molar-refractivity contribution < 1.29 is 4.79 Å². The van der Waals surface area contributed by atoms with Crippen LogP contribution in [0.5, 0.6) is 0 Å². The molecule has 0 bridgehead atoms. The molecule has 0 radical (unpaired) electrons. The number of Topliss-reactive ketones (excluding diaryl/α,β-unsaturated/α-hetero) is 1. The summed E-state index contributed by atoms with van der Waals surface area (Å²) in [5.41, 5.74) is 0. The van der Waals surface area contributed by atoms with Crippen LogP contribution in [0.25, 0.3) is 0 Å². The quantitative estimate of drug-likeness (QED) is 0.589. The molecule has 12 heavy (non-hydrogen) atoms. The lowest BCUT2D eigenvalue weighted by atomic mass is 9.82. The zero-order chi connectivity index (χ0) is 8.97. The largest absolute Gasteiger partial charge is 0.300 e. The van der Waals surface area contributed by atoms with Gasteiger partial charge in [-0.25, -0.2) is 0 Å². The van der Waals surface area contributed by atoms with E-state index in [1.54, 1.807) is 6.92 Å². The molecule has 0 N–H and O–H groups in total. The van der Waals surface area contributed by atoms with Gasteiger partial charge in [0.25, 0.3) is 0 Å². The molecule has 0 spiro atoms. The van der Waals surface area contributed by atoms with E-state index in [1.165, 1.54) is 12.8 Å². The monoisotopic (exact) mass is 166 g/mol. The third-order valence-electron chi connectivity index (χ3n) is 2.73. The van der Waals surface area contributed by atoms with Gasteiger partial charge < -0.3 is 4.79 Å². The number of allylic oxidation sites excluding steroid dienone is 2. The lowest BCUT2D eigenvalue weighted by molar-refractivity contribution is -0.117. The Morgan fingerprint density at radius 1 is 1.58 bits per heavy atom. The first-order chi connectivity index (χ1) is 5.70. The minimum atomic E-state index is 0.321. The summed E-state index contributed by atoms with van der Waals surface area (Å²) in [5.74, 6) is 1.75. The van der Waals surface area contributed by atoms with Crippen molar-refractivity contribution in [3.63, 3.8) is 0 Å². The molecule has 0 aromatic carbocycles. The topological polar surface area (TPSA) is 17.1 Å². The highest BCUT2D eigenvalue weighted by molar-refractivity contribution is 5.75. The number of rotatable bonds is 3. The molecule has 1 rings (SSSR count). The van der Waals surface area contributed by atoms with Crippen molar-refractivity contribution in [2.45, 2.75) is 39.5 Å². The highest BCUT2D eigenvalue weighted by Gasteiger charge is 2.16. The average Bonchev–Trinajstić information content (AvgIpc) is 2.03. The molecule has 0 aliphatic heterocycles. The van der Waals surface area contributed by atoms with Crippen LogP contribution in [0, 0.1) is 11.8 Å². The zero-order valence-electron chi connectivity index (χ0n) is 8.05. The molecule has 68 valence electrons. The Balaban J connectivity index is 2.34. The molecular formula is C11H18O. The molecule has 0 aromatic heterocycles. The van der Waals surface area contributed by atoms with Gasteiger partial charge in [0.1, 0.15) is 5.78 Å². The lowest BCUT2D eigenvalue weighted by Gasteiger charge is -2.23. The second-order valence-corrected chi connectivity index (χ2v) is 3.89. The van der Waals surface area contributed by atoms with E-state index in [1.807, 2.05) is 0 Å².